The first kappa shape index (κ1) is 27.6. The Labute approximate surface area is 242 Å². The highest BCUT2D eigenvalue weighted by Gasteiger charge is 2.40. The van der Waals surface area contributed by atoms with E-state index in [4.69, 9.17) is 0 Å². The van der Waals surface area contributed by atoms with E-state index >= 15 is 0 Å². The van der Waals surface area contributed by atoms with Crippen molar-refractivity contribution in [3.8, 4) is 0 Å². The number of thioether (sulfide) groups is 1. The molecule has 1 unspecified atom stereocenters. The van der Waals surface area contributed by atoms with Crippen LogP contribution in [0.2, 0.25) is 0 Å². The summed E-state index contributed by atoms with van der Waals surface area (Å²) in [6, 6.07) is 32.2. The summed E-state index contributed by atoms with van der Waals surface area (Å²) in [5.74, 6) is -1.35. The molecule has 0 bridgehead atoms. The Morgan fingerprint density at radius 1 is 0.829 bits per heavy atom. The number of hydrogen-bond acceptors (Lipinski definition) is 5. The quantitative estimate of drug-likeness (QED) is 0.209. The van der Waals surface area contributed by atoms with E-state index in [0.717, 1.165) is 16.0 Å². The van der Waals surface area contributed by atoms with Gasteiger partial charge in [0.25, 0.3) is 11.8 Å². The Morgan fingerprint density at radius 2 is 1.46 bits per heavy atom. The summed E-state index contributed by atoms with van der Waals surface area (Å²) >= 11 is 1.31. The lowest BCUT2D eigenvalue weighted by molar-refractivity contribution is -0.121. The second-order valence-corrected chi connectivity index (χ2v) is 10.7. The van der Waals surface area contributed by atoms with Crippen LogP contribution in [0.3, 0.4) is 0 Å². The highest BCUT2D eigenvalue weighted by atomic mass is 32.2. The van der Waals surface area contributed by atoms with Gasteiger partial charge in [0, 0.05) is 22.6 Å². The van der Waals surface area contributed by atoms with Crippen LogP contribution in [-0.2, 0) is 14.4 Å². The molecule has 0 radical (unpaired) electrons. The number of carbonyl (C=O) groups excluding carboxylic acids is 4. The van der Waals surface area contributed by atoms with Crippen LogP contribution in [0, 0.1) is 6.92 Å². The maximum absolute atomic E-state index is 13.3. The van der Waals surface area contributed by atoms with Crippen molar-refractivity contribution in [2.75, 3.05) is 10.2 Å². The van der Waals surface area contributed by atoms with E-state index in [9.17, 15) is 19.2 Å². The van der Waals surface area contributed by atoms with Crippen LogP contribution in [0.15, 0.2) is 120 Å². The second-order valence-electron chi connectivity index (χ2n) is 9.43. The first-order valence-electron chi connectivity index (χ1n) is 13.0. The Balaban J connectivity index is 1.29. The molecule has 1 heterocycles. The van der Waals surface area contributed by atoms with Crippen molar-refractivity contribution in [2.24, 2.45) is 0 Å². The number of carbonyl (C=O) groups is 4. The van der Waals surface area contributed by atoms with Gasteiger partial charge < -0.3 is 10.6 Å². The molecule has 204 valence electrons. The molecular weight excluding hydrogens is 534 g/mol. The smallest absolute Gasteiger partial charge is 0.272 e. The van der Waals surface area contributed by atoms with Crippen molar-refractivity contribution in [2.45, 2.75) is 23.5 Å². The van der Waals surface area contributed by atoms with Crippen LogP contribution in [0.4, 0.5) is 11.4 Å². The van der Waals surface area contributed by atoms with Gasteiger partial charge in [-0.3, -0.25) is 19.2 Å². The molecule has 4 aromatic rings. The third-order valence-electron chi connectivity index (χ3n) is 6.53. The topological polar surface area (TPSA) is 95.6 Å². The zero-order valence-corrected chi connectivity index (χ0v) is 23.1. The standard InChI is InChI=1S/C33H27N3O4S/c1-22-10-8-9-13-24(22)20-28(35-31(38)23-11-4-2-5-12-23)32(39)34-25-16-18-27(19-17-25)41-29-21-30(37)36(33(29)40)26-14-6-3-7-15-26/h2-20,29H,21H2,1H3,(H,34,39)(H,35,38)/b28-20-. The van der Waals surface area contributed by atoms with Crippen LogP contribution in [-0.4, -0.2) is 28.9 Å². The molecule has 0 spiro atoms. The summed E-state index contributed by atoms with van der Waals surface area (Å²) in [5.41, 5.74) is 3.38. The molecule has 8 heteroatoms. The molecule has 41 heavy (non-hydrogen) atoms. The molecule has 1 atom stereocenters. The molecule has 1 saturated heterocycles. The highest BCUT2D eigenvalue weighted by molar-refractivity contribution is 8.00. The van der Waals surface area contributed by atoms with Gasteiger partial charge >= 0.3 is 0 Å². The van der Waals surface area contributed by atoms with Gasteiger partial charge in [-0.05, 0) is 72.7 Å². The van der Waals surface area contributed by atoms with Crippen LogP contribution >= 0.6 is 11.8 Å². The van der Waals surface area contributed by atoms with E-state index < -0.39 is 17.1 Å². The molecule has 1 aliphatic rings. The third-order valence-corrected chi connectivity index (χ3v) is 7.72. The predicted octanol–water partition coefficient (Wildman–Crippen LogP) is 5.83. The fourth-order valence-corrected chi connectivity index (χ4v) is 5.42. The lowest BCUT2D eigenvalue weighted by atomic mass is 10.1. The van der Waals surface area contributed by atoms with E-state index in [1.54, 1.807) is 78.9 Å². The van der Waals surface area contributed by atoms with Crippen LogP contribution in [0.5, 0.6) is 0 Å². The predicted molar refractivity (Wildman–Crippen MR) is 161 cm³/mol. The van der Waals surface area contributed by atoms with Crippen LogP contribution < -0.4 is 15.5 Å². The van der Waals surface area contributed by atoms with E-state index in [-0.39, 0.29) is 23.9 Å². The van der Waals surface area contributed by atoms with Crippen LogP contribution in [0.1, 0.15) is 27.9 Å². The number of hydrogen-bond donors (Lipinski definition) is 2. The maximum Gasteiger partial charge on any atom is 0.272 e. The summed E-state index contributed by atoms with van der Waals surface area (Å²) in [6.45, 7) is 1.93. The molecule has 7 nitrogen and oxygen atoms in total. The molecule has 5 rings (SSSR count). The molecule has 4 amide bonds. The normalized spacial score (nSPS) is 15.1. The van der Waals surface area contributed by atoms with Crippen molar-refractivity contribution in [3.05, 3.63) is 132 Å². The lowest BCUT2D eigenvalue weighted by Gasteiger charge is -2.15. The highest BCUT2D eigenvalue weighted by Crippen LogP contribution is 2.34. The Hall–Kier alpha value is -4.95. The molecule has 1 fully saturated rings. The van der Waals surface area contributed by atoms with Crippen molar-refractivity contribution in [1.82, 2.24) is 5.32 Å². The Morgan fingerprint density at radius 3 is 2.15 bits per heavy atom. The first-order valence-corrected chi connectivity index (χ1v) is 13.9. The minimum atomic E-state index is -0.528. The Bertz CT molecular complexity index is 1620. The van der Waals surface area contributed by atoms with Crippen molar-refractivity contribution in [3.63, 3.8) is 0 Å². The van der Waals surface area contributed by atoms with E-state index in [1.807, 2.05) is 43.3 Å². The summed E-state index contributed by atoms with van der Waals surface area (Å²) in [7, 11) is 0. The second kappa shape index (κ2) is 12.5. The molecule has 0 aliphatic carbocycles. The third kappa shape index (κ3) is 6.62. The number of aryl methyl sites for hydroxylation is 1. The summed E-state index contributed by atoms with van der Waals surface area (Å²) in [6.07, 6.45) is 1.77. The average molecular weight is 562 g/mol. The number of imide groups is 1. The van der Waals surface area contributed by atoms with Gasteiger partial charge in [-0.2, -0.15) is 0 Å². The first-order chi connectivity index (χ1) is 19.9. The van der Waals surface area contributed by atoms with Gasteiger partial charge in [0.1, 0.15) is 5.70 Å². The van der Waals surface area contributed by atoms with E-state index in [0.29, 0.717) is 16.9 Å². The Kier molecular flexibility index (Phi) is 8.41. The van der Waals surface area contributed by atoms with E-state index in [1.165, 1.54) is 16.7 Å². The maximum atomic E-state index is 13.3. The lowest BCUT2D eigenvalue weighted by Crippen LogP contribution is -2.31. The number of amides is 4. The molecule has 0 saturated carbocycles. The minimum Gasteiger partial charge on any atom is -0.321 e. The fourth-order valence-electron chi connectivity index (χ4n) is 4.37. The van der Waals surface area contributed by atoms with Gasteiger partial charge in [0.05, 0.1) is 10.9 Å². The van der Waals surface area contributed by atoms with Gasteiger partial charge in [-0.25, -0.2) is 4.90 Å². The number of nitrogens with one attached hydrogen (secondary N) is 2. The minimum absolute atomic E-state index is 0.0997. The number of nitrogens with zero attached hydrogens (tertiary/aromatic N) is 1. The van der Waals surface area contributed by atoms with E-state index in [2.05, 4.69) is 10.6 Å². The zero-order valence-electron chi connectivity index (χ0n) is 22.2. The molecule has 4 aromatic carbocycles. The summed E-state index contributed by atoms with van der Waals surface area (Å²) < 4.78 is 0. The molecule has 0 aromatic heterocycles. The molecule has 1 aliphatic heterocycles. The van der Waals surface area contributed by atoms with Gasteiger partial charge in [-0.15, -0.1) is 11.8 Å². The van der Waals surface area contributed by atoms with Gasteiger partial charge in [0.15, 0.2) is 0 Å². The summed E-state index contributed by atoms with van der Waals surface area (Å²) in [4.78, 5) is 53.7. The van der Waals surface area contributed by atoms with Crippen molar-refractivity contribution < 1.29 is 19.2 Å². The zero-order chi connectivity index (χ0) is 28.8. The largest absolute Gasteiger partial charge is 0.321 e. The van der Waals surface area contributed by atoms with Crippen LogP contribution in [0.25, 0.3) is 6.08 Å². The van der Waals surface area contributed by atoms with Crippen molar-refractivity contribution >= 4 is 52.8 Å². The van der Waals surface area contributed by atoms with Crippen molar-refractivity contribution in [1.29, 1.82) is 0 Å². The molecular formula is C33H27N3O4S. The number of para-hydroxylation sites is 1. The monoisotopic (exact) mass is 561 g/mol. The molecule has 2 N–H and O–H groups in total. The van der Waals surface area contributed by atoms with Gasteiger partial charge in [0.2, 0.25) is 11.8 Å². The number of rotatable bonds is 8. The fraction of sp³-hybridized carbons (Fsp3) is 0.0909. The SMILES string of the molecule is Cc1ccccc1/C=C(\NC(=O)c1ccccc1)C(=O)Nc1ccc(SC2CC(=O)N(c3ccccc3)C2=O)cc1. The number of benzene rings is 4. The van der Waals surface area contributed by atoms with Gasteiger partial charge in [-0.1, -0.05) is 60.7 Å². The average Bonchev–Trinajstić information content (AvgIpc) is 3.27. The number of anilines is 2. The summed E-state index contributed by atoms with van der Waals surface area (Å²) in [5, 5.41) is 5.06.